The van der Waals surface area contributed by atoms with E-state index >= 15 is 0 Å². The van der Waals surface area contributed by atoms with Gasteiger partial charge in [-0.3, -0.25) is 9.47 Å². The summed E-state index contributed by atoms with van der Waals surface area (Å²) in [6, 6.07) is 55.1. The molecule has 4 heterocycles. The van der Waals surface area contributed by atoms with Gasteiger partial charge in [-0.2, -0.15) is 0 Å². The molecule has 0 atom stereocenters. The second kappa shape index (κ2) is 16.0. The molecule has 6 aliphatic rings. The summed E-state index contributed by atoms with van der Waals surface area (Å²) >= 11 is 0. The van der Waals surface area contributed by atoms with E-state index in [4.69, 9.17) is 14.5 Å². The highest BCUT2D eigenvalue weighted by Crippen LogP contribution is 2.61. The molecule has 2 aliphatic heterocycles. The molecule has 4 saturated carbocycles. The maximum absolute atomic E-state index is 6.90. The van der Waals surface area contributed by atoms with Crippen LogP contribution in [0.1, 0.15) is 102 Å². The van der Waals surface area contributed by atoms with Crippen molar-refractivity contribution in [2.24, 2.45) is 17.8 Å². The minimum absolute atomic E-state index is 0.0167. The molecule has 2 aromatic heterocycles. The largest absolute Gasteiger partial charge is 0.457 e. The van der Waals surface area contributed by atoms with Gasteiger partial charge >= 0.3 is 0 Å². The highest BCUT2D eigenvalue weighted by molar-refractivity contribution is 6.10. The first-order valence-corrected chi connectivity index (χ1v) is 25.6. The van der Waals surface area contributed by atoms with Gasteiger partial charge in [0.25, 0.3) is 0 Å². The van der Waals surface area contributed by atoms with Crippen LogP contribution >= 0.6 is 0 Å². The van der Waals surface area contributed by atoms with Crippen LogP contribution in [0.15, 0.2) is 170 Å². The Hall–Kier alpha value is -7.05. The third kappa shape index (κ3) is 7.16. The summed E-state index contributed by atoms with van der Waals surface area (Å²) in [6.45, 7) is 14.3. The highest BCUT2D eigenvalue weighted by atomic mass is 16.5. The Morgan fingerprint density at radius 1 is 0.600 bits per heavy atom. The molecule has 6 heteroatoms. The van der Waals surface area contributed by atoms with Crippen LogP contribution in [0, 0.1) is 17.8 Å². The minimum Gasteiger partial charge on any atom is -0.457 e. The van der Waals surface area contributed by atoms with Gasteiger partial charge in [-0.05, 0) is 170 Å². The zero-order valence-corrected chi connectivity index (χ0v) is 41.4. The molecule has 6 aromatic carbocycles. The second-order valence-corrected chi connectivity index (χ2v) is 23.1. The maximum atomic E-state index is 6.90. The minimum atomic E-state index is -0.217. The summed E-state index contributed by atoms with van der Waals surface area (Å²) in [4.78, 5) is 9.87. The fourth-order valence-corrected chi connectivity index (χ4v) is 13.5. The molecule has 350 valence electrons. The van der Waals surface area contributed by atoms with E-state index in [1.807, 2.05) is 12.5 Å². The van der Waals surface area contributed by atoms with E-state index in [0.717, 1.165) is 69.0 Å². The summed E-state index contributed by atoms with van der Waals surface area (Å²) in [6.07, 6.45) is 12.3. The van der Waals surface area contributed by atoms with E-state index in [1.54, 1.807) is 5.56 Å². The quantitative estimate of drug-likeness (QED) is 0.152. The molecule has 0 amide bonds. The van der Waals surface area contributed by atoms with Gasteiger partial charge in [0, 0.05) is 39.7 Å². The van der Waals surface area contributed by atoms with Crippen LogP contribution in [-0.2, 0) is 15.6 Å². The third-order valence-corrected chi connectivity index (χ3v) is 16.4. The fraction of sp³-hybridized carbons (Fsp3) is 0.297. The number of hydrogen-bond donors (Lipinski definition) is 0. The maximum Gasteiger partial charge on any atom is 0.225 e. The van der Waals surface area contributed by atoms with Crippen LogP contribution < -0.4 is 4.74 Å². The number of fused-ring (bicyclic) bond motifs is 4. The Morgan fingerprint density at radius 3 is 1.90 bits per heavy atom. The fourth-order valence-electron chi connectivity index (χ4n) is 13.5. The molecule has 4 aliphatic carbocycles. The van der Waals surface area contributed by atoms with Crippen molar-refractivity contribution in [1.29, 1.82) is 0 Å². The molecule has 4 fully saturated rings. The molecular formula is C64H62N4O2. The van der Waals surface area contributed by atoms with Crippen LogP contribution in [0.25, 0.3) is 61.3 Å². The van der Waals surface area contributed by atoms with Crippen molar-refractivity contribution in [2.75, 3.05) is 6.67 Å². The molecule has 14 rings (SSSR count). The molecule has 0 unspecified atom stereocenters. The van der Waals surface area contributed by atoms with Crippen molar-refractivity contribution in [3.05, 3.63) is 192 Å². The Morgan fingerprint density at radius 2 is 1.24 bits per heavy atom. The van der Waals surface area contributed by atoms with Crippen molar-refractivity contribution in [2.45, 2.75) is 96.4 Å². The van der Waals surface area contributed by atoms with E-state index in [-0.39, 0.29) is 11.0 Å². The van der Waals surface area contributed by atoms with Crippen molar-refractivity contribution in [1.82, 2.24) is 19.4 Å². The van der Waals surface area contributed by atoms with E-state index in [9.17, 15) is 0 Å². The van der Waals surface area contributed by atoms with Gasteiger partial charge in [0.2, 0.25) is 5.88 Å². The lowest BCUT2D eigenvalue weighted by Gasteiger charge is -2.57. The lowest BCUT2D eigenvalue weighted by molar-refractivity contribution is -0.00512. The predicted octanol–water partition coefficient (Wildman–Crippen LogP) is 16.1. The van der Waals surface area contributed by atoms with E-state index in [0.29, 0.717) is 12.1 Å². The number of benzene rings is 6. The van der Waals surface area contributed by atoms with E-state index in [1.165, 1.54) is 82.6 Å². The van der Waals surface area contributed by atoms with Crippen LogP contribution in [0.2, 0.25) is 0 Å². The normalized spacial score (nSPS) is 21.7. The Labute approximate surface area is 412 Å². The summed E-state index contributed by atoms with van der Waals surface area (Å²) in [5.41, 5.74) is 14.1. The summed E-state index contributed by atoms with van der Waals surface area (Å²) in [5, 5.41) is 2.53. The summed E-state index contributed by atoms with van der Waals surface area (Å²) in [7, 11) is 0. The Kier molecular flexibility index (Phi) is 9.83. The van der Waals surface area contributed by atoms with Crippen LogP contribution in [0.4, 0.5) is 0 Å². The zero-order chi connectivity index (χ0) is 47.5. The third-order valence-electron chi connectivity index (χ3n) is 16.4. The van der Waals surface area contributed by atoms with Crippen molar-refractivity contribution >= 4 is 33.2 Å². The Bertz CT molecular complexity index is 3330. The zero-order valence-electron chi connectivity index (χ0n) is 41.4. The average Bonchev–Trinajstić information content (AvgIpc) is 4.04. The number of aromatic nitrogens is 2. The molecule has 6 nitrogen and oxygen atoms in total. The van der Waals surface area contributed by atoms with Gasteiger partial charge < -0.3 is 14.4 Å². The van der Waals surface area contributed by atoms with Crippen molar-refractivity contribution in [3.8, 4) is 39.6 Å². The van der Waals surface area contributed by atoms with E-state index < -0.39 is 0 Å². The molecule has 0 radical (unpaired) electrons. The van der Waals surface area contributed by atoms with Crippen LogP contribution in [0.3, 0.4) is 0 Å². The summed E-state index contributed by atoms with van der Waals surface area (Å²) in [5.74, 6) is 6.00. The standard InChI is InChI=1S/C64H62N4O2/c1-62(2,3)47-27-28-65-58(34-47)68-55-26-23-48(64-36-41-29-42(37-64)31-43(30-41)38-64)33-54(55)53-25-24-50(35-56(53)68)70-49-20-13-19-46(32-49)57-39-69-61-60(67(40-66(57)61)63(4,5)6)59-51(44-15-9-7-10-16-44)21-14-22-52(59)45-17-11-8-12-18-45/h7-28,32-35,39,41-43H,29-31,36-38,40H2,1-6H3. The predicted molar refractivity (Wildman–Crippen MR) is 285 cm³/mol. The molecule has 0 saturated heterocycles. The lowest BCUT2D eigenvalue weighted by atomic mass is 9.48. The van der Waals surface area contributed by atoms with E-state index in [2.05, 4.69) is 208 Å². The van der Waals surface area contributed by atoms with Crippen molar-refractivity contribution in [3.63, 3.8) is 0 Å². The van der Waals surface area contributed by atoms with Crippen LogP contribution in [-0.4, -0.2) is 31.6 Å². The average molecular weight is 919 g/mol. The van der Waals surface area contributed by atoms with Gasteiger partial charge in [-0.1, -0.05) is 118 Å². The highest BCUT2D eigenvalue weighted by Gasteiger charge is 2.52. The molecule has 4 bridgehead atoms. The lowest BCUT2D eigenvalue weighted by Crippen LogP contribution is -2.48. The van der Waals surface area contributed by atoms with Gasteiger partial charge in [-0.25, -0.2) is 4.98 Å². The number of nitrogens with zero attached hydrogens (tertiary/aromatic N) is 4. The first-order valence-electron chi connectivity index (χ1n) is 25.6. The van der Waals surface area contributed by atoms with Gasteiger partial charge in [0.15, 0.2) is 0 Å². The number of pyridine rings is 1. The molecule has 8 aromatic rings. The van der Waals surface area contributed by atoms with Gasteiger partial charge in [0.1, 0.15) is 29.3 Å². The van der Waals surface area contributed by atoms with Gasteiger partial charge in [-0.15, -0.1) is 0 Å². The van der Waals surface area contributed by atoms with Crippen molar-refractivity contribution < 1.29 is 9.47 Å². The topological polar surface area (TPSA) is 42.8 Å². The number of ether oxygens (including phenoxy) is 2. The number of hydrogen-bond acceptors (Lipinski definition) is 5. The number of rotatable bonds is 8. The molecule has 0 spiro atoms. The second-order valence-electron chi connectivity index (χ2n) is 23.1. The monoisotopic (exact) mass is 918 g/mol. The van der Waals surface area contributed by atoms with Gasteiger partial charge in [0.05, 0.1) is 23.4 Å². The molecule has 0 N–H and O–H groups in total. The Balaban J connectivity index is 0.879. The van der Waals surface area contributed by atoms with Crippen LogP contribution in [0.5, 0.6) is 11.5 Å². The summed E-state index contributed by atoms with van der Waals surface area (Å²) < 4.78 is 16.0. The smallest absolute Gasteiger partial charge is 0.225 e. The first kappa shape index (κ1) is 43.0. The first-order chi connectivity index (χ1) is 33.9. The SMILES string of the molecule is CC(C)(C)c1ccnc(-n2c3ccc(C45CC6CC(CC(C6)C4)C5)cc3c3ccc(Oc4cccc(C5=COC6=C(c7c(-c8ccccc8)cccc7-c7ccccc7)N(C(C)(C)C)CN56)c4)cc32)c1. The molecule has 70 heavy (non-hydrogen) atoms. The molecular weight excluding hydrogens is 857 g/mol.